The first-order chi connectivity index (χ1) is 61.0. The van der Waals surface area contributed by atoms with Crippen molar-refractivity contribution in [1.29, 1.82) is 0 Å². The minimum Gasteiger partial charge on any atom is -0.309 e. The molecule has 0 saturated heterocycles. The van der Waals surface area contributed by atoms with Gasteiger partial charge in [-0.2, -0.15) is 8.75 Å². The molecular formula is C116H82N4SSi2. The Hall–Kier alpha value is -15.2. The summed E-state index contributed by atoms with van der Waals surface area (Å²) in [4.78, 5) is 2.33. The molecule has 0 aliphatic rings. The van der Waals surface area contributed by atoms with Crippen molar-refractivity contribution in [2.45, 2.75) is 0 Å². The van der Waals surface area contributed by atoms with E-state index < -0.39 is 16.1 Å². The van der Waals surface area contributed by atoms with Crippen molar-refractivity contribution in [2.75, 3.05) is 4.90 Å². The first kappa shape index (κ1) is 75.3. The molecule has 123 heavy (non-hydrogen) atoms. The molecule has 0 N–H and O–H groups in total. The summed E-state index contributed by atoms with van der Waals surface area (Å²) < 4.78 is 12.8. The van der Waals surface area contributed by atoms with Crippen molar-refractivity contribution in [2.24, 2.45) is 0 Å². The number of hydrogen-bond donors (Lipinski definition) is 0. The molecular weight excluding hydrogens is 1540 g/mol. The molecule has 0 fully saturated rings. The lowest BCUT2D eigenvalue weighted by Crippen LogP contribution is -2.74. The molecule has 2 heterocycles. The Morgan fingerprint density at radius 1 is 0.220 bits per heavy atom. The Bertz CT molecular complexity index is 6830. The Kier molecular flexibility index (Phi) is 20.3. The average Bonchev–Trinajstić information content (AvgIpc) is 1.31. The van der Waals surface area contributed by atoms with Crippen molar-refractivity contribution in [3.8, 4) is 61.3 Å². The van der Waals surface area contributed by atoms with Gasteiger partial charge in [-0.15, -0.1) is 0 Å². The summed E-state index contributed by atoms with van der Waals surface area (Å²) in [5.74, 6) is 0. The Morgan fingerprint density at radius 3 is 0.846 bits per heavy atom. The summed E-state index contributed by atoms with van der Waals surface area (Å²) in [6.07, 6.45) is 0. The van der Waals surface area contributed by atoms with Gasteiger partial charge in [-0.05, 0) is 198 Å². The van der Waals surface area contributed by atoms with Crippen molar-refractivity contribution >= 4 is 130 Å². The van der Waals surface area contributed by atoms with Crippen LogP contribution in [0.3, 0.4) is 0 Å². The van der Waals surface area contributed by atoms with Gasteiger partial charge in [-0.25, -0.2) is 0 Å². The van der Waals surface area contributed by atoms with Gasteiger partial charge in [0.15, 0.2) is 16.1 Å². The number of aromatic nitrogens is 3. The average molecular weight is 1620 g/mol. The molecule has 0 bridgehead atoms. The van der Waals surface area contributed by atoms with E-state index in [2.05, 4.69) is 507 Å². The first-order valence-corrected chi connectivity index (χ1v) is 46.8. The van der Waals surface area contributed by atoms with E-state index in [0.29, 0.717) is 0 Å². The van der Waals surface area contributed by atoms with Gasteiger partial charge in [0.1, 0.15) is 11.0 Å². The van der Waals surface area contributed by atoms with Crippen LogP contribution in [0.25, 0.3) is 105 Å². The normalized spacial score (nSPS) is 11.6. The fraction of sp³-hybridized carbons (Fsp3) is 0. The second kappa shape index (κ2) is 33.2. The smallest absolute Gasteiger partial charge is 0.179 e. The molecule has 0 radical (unpaired) electrons. The Morgan fingerprint density at radius 2 is 0.488 bits per heavy atom. The second-order valence-corrected chi connectivity index (χ2v) is 39.7. The lowest BCUT2D eigenvalue weighted by Gasteiger charge is -2.34. The molecule has 21 rings (SSSR count). The minimum absolute atomic E-state index is 0.828. The summed E-state index contributed by atoms with van der Waals surface area (Å²) >= 11 is 1.25. The van der Waals surface area contributed by atoms with E-state index in [-0.39, 0.29) is 0 Å². The number of nitrogens with zero attached hydrogens (tertiary/aromatic N) is 4. The van der Waals surface area contributed by atoms with Gasteiger partial charge in [-0.3, -0.25) is 0 Å². The van der Waals surface area contributed by atoms with E-state index in [1.807, 2.05) is 0 Å². The van der Waals surface area contributed by atoms with Crippen LogP contribution in [0, 0.1) is 0 Å². The maximum Gasteiger partial charge on any atom is 0.179 e. The molecule has 0 saturated carbocycles. The molecule has 0 spiro atoms. The molecule has 7 heteroatoms. The fourth-order valence-electron chi connectivity index (χ4n) is 18.9. The zero-order valence-electron chi connectivity index (χ0n) is 67.5. The molecule has 580 valence electrons. The van der Waals surface area contributed by atoms with Crippen molar-refractivity contribution in [1.82, 2.24) is 13.3 Å². The lowest BCUT2D eigenvalue weighted by atomic mass is 9.85. The highest BCUT2D eigenvalue weighted by Gasteiger charge is 2.43. The topological polar surface area (TPSA) is 34.0 Å². The highest BCUT2D eigenvalue weighted by Crippen LogP contribution is 2.45. The van der Waals surface area contributed by atoms with Crippen LogP contribution in [0.15, 0.2) is 497 Å². The van der Waals surface area contributed by atoms with E-state index in [1.165, 1.54) is 86.3 Å². The molecule has 19 aromatic carbocycles. The Balaban J connectivity index is 0.652. The third-order valence-electron chi connectivity index (χ3n) is 24.7. The third-order valence-corrected chi connectivity index (χ3v) is 34.8. The zero-order valence-corrected chi connectivity index (χ0v) is 70.4. The van der Waals surface area contributed by atoms with Gasteiger partial charge in [0.25, 0.3) is 0 Å². The monoisotopic (exact) mass is 1620 g/mol. The molecule has 0 unspecified atom stereocenters. The van der Waals surface area contributed by atoms with Crippen molar-refractivity contribution in [3.63, 3.8) is 0 Å². The summed E-state index contributed by atoms with van der Waals surface area (Å²) in [5, 5.41) is 13.1. The predicted molar refractivity (Wildman–Crippen MR) is 525 cm³/mol. The van der Waals surface area contributed by atoms with Crippen LogP contribution in [0.5, 0.6) is 0 Å². The summed E-state index contributed by atoms with van der Waals surface area (Å²) in [7, 11) is -5.54. The maximum atomic E-state index is 5.18. The van der Waals surface area contributed by atoms with Gasteiger partial charge in [-0.1, -0.05) is 425 Å². The van der Waals surface area contributed by atoms with Crippen LogP contribution in [0.1, 0.15) is 22.3 Å². The van der Waals surface area contributed by atoms with Crippen LogP contribution in [0.2, 0.25) is 0 Å². The molecule has 0 amide bonds. The van der Waals surface area contributed by atoms with E-state index in [0.717, 1.165) is 112 Å². The van der Waals surface area contributed by atoms with Crippen LogP contribution in [0.4, 0.5) is 17.1 Å². The molecule has 0 atom stereocenters. The summed E-state index contributed by atoms with van der Waals surface area (Å²) in [6, 6.07) is 184. The number of benzene rings is 19. The Labute approximate surface area is 724 Å². The van der Waals surface area contributed by atoms with E-state index in [4.69, 9.17) is 8.75 Å². The third kappa shape index (κ3) is 14.0. The predicted octanol–water partition coefficient (Wildman–Crippen LogP) is 24.4. The van der Waals surface area contributed by atoms with E-state index >= 15 is 0 Å². The number of hydrogen-bond acceptors (Lipinski definition) is 4. The lowest BCUT2D eigenvalue weighted by molar-refractivity contribution is 1.18. The molecule has 21 aromatic rings. The number of rotatable bonds is 21. The van der Waals surface area contributed by atoms with Gasteiger partial charge >= 0.3 is 0 Å². The first-order valence-electron chi connectivity index (χ1n) is 42.1. The summed E-state index contributed by atoms with van der Waals surface area (Å²) in [5.41, 5.74) is 26.2. The maximum absolute atomic E-state index is 5.18. The fourth-order valence-corrected chi connectivity index (χ4v) is 28.9. The quantitative estimate of drug-likeness (QED) is 0.0408. The van der Waals surface area contributed by atoms with Crippen molar-refractivity contribution < 1.29 is 0 Å². The van der Waals surface area contributed by atoms with Gasteiger partial charge in [0, 0.05) is 33.4 Å². The van der Waals surface area contributed by atoms with Gasteiger partial charge < -0.3 is 9.47 Å². The SMILES string of the molecule is c1ccc(C(=C(c2ccccc2)c2ccc(-c3ccc(N(c4ccc(-c5ccccc5)cc4)c4ccc(-c5ccc(-n6c7ccc(-c8ccc([Si](c9ccccc9)(c9ccccc9)c9ccccc9)cc8)cc7c7cc(-c8ccc([Si](c9ccccc9)(c9ccccc9)c9ccccc9)cc8)ccc76)cc5)c5nsnc45)cc3)cc2)c2ccccc2)cc1. The van der Waals surface area contributed by atoms with Crippen LogP contribution in [-0.2, 0) is 0 Å². The van der Waals surface area contributed by atoms with Crippen LogP contribution >= 0.6 is 11.7 Å². The van der Waals surface area contributed by atoms with Crippen LogP contribution in [-0.4, -0.2) is 29.5 Å². The van der Waals surface area contributed by atoms with Crippen LogP contribution < -0.4 is 46.4 Å². The van der Waals surface area contributed by atoms with Gasteiger partial charge in [0.2, 0.25) is 0 Å². The molecule has 0 aliphatic heterocycles. The van der Waals surface area contributed by atoms with E-state index in [9.17, 15) is 0 Å². The van der Waals surface area contributed by atoms with Gasteiger partial charge in [0.05, 0.1) is 28.4 Å². The highest BCUT2D eigenvalue weighted by atomic mass is 32.1. The standard InChI is InChI=1S/C116H82N4SSi2/c1-11-31-83(32-12-1)85-55-67-96(68-56-85)119(97-69-57-86(58-70-97)84-51-53-93(54-52-84)114(92-37-17-4-18-38-92)113(90-33-13-2-14-34-90)91-35-15-3-16-36-91)112-80-77-107(115-116(112)118-121-117-115)89-59-71-98(72-60-89)120-110-78-65-94(87-61-73-105(74-62-87)122(99-39-19-5-20-40-99,100-41-21-6-22-42-100)101-43-23-7-24-44-101)81-108(110)109-82-95(66-79-111(109)120)88-63-75-106(76-64-88)123(102-45-25-8-26-46-102,103-47-27-9-28-48-103)104-49-29-10-30-50-104/h1-82H. The second-order valence-electron chi connectivity index (χ2n) is 31.5. The number of anilines is 3. The largest absolute Gasteiger partial charge is 0.309 e. The molecule has 4 nitrogen and oxygen atoms in total. The minimum atomic E-state index is -2.77. The zero-order chi connectivity index (χ0) is 81.9. The highest BCUT2D eigenvalue weighted by molar-refractivity contribution is 7.20. The summed E-state index contributed by atoms with van der Waals surface area (Å²) in [6.45, 7) is 0. The van der Waals surface area contributed by atoms with E-state index in [1.54, 1.807) is 0 Å². The molecule has 2 aromatic heterocycles. The van der Waals surface area contributed by atoms with Crippen molar-refractivity contribution in [3.05, 3.63) is 520 Å². The molecule has 0 aliphatic carbocycles. The number of fused-ring (bicyclic) bond motifs is 4.